The number of likely N-dealkylation sites (N-methyl/N-ethyl adjacent to an activating group) is 1. The van der Waals surface area contributed by atoms with E-state index in [2.05, 4.69) is 23.7 Å². The Labute approximate surface area is 113 Å². The molecule has 3 nitrogen and oxygen atoms in total. The summed E-state index contributed by atoms with van der Waals surface area (Å²) >= 11 is 1.77. The van der Waals surface area contributed by atoms with Gasteiger partial charge < -0.3 is 10.2 Å². The molecule has 1 aliphatic rings. The summed E-state index contributed by atoms with van der Waals surface area (Å²) in [5.74, 6) is 1.19. The molecule has 0 aliphatic carbocycles. The molecule has 0 saturated carbocycles. The Kier molecular flexibility index (Phi) is 4.66. The van der Waals surface area contributed by atoms with Gasteiger partial charge in [0.2, 0.25) is 5.91 Å². The summed E-state index contributed by atoms with van der Waals surface area (Å²) in [5.41, 5.74) is 2.44. The van der Waals surface area contributed by atoms with E-state index in [0.717, 1.165) is 25.4 Å². The minimum Gasteiger partial charge on any atom is -0.344 e. The lowest BCUT2D eigenvalue weighted by molar-refractivity contribution is -0.131. The van der Waals surface area contributed by atoms with Crippen LogP contribution in [0.2, 0.25) is 0 Å². The molecule has 0 radical (unpaired) electrons. The van der Waals surface area contributed by atoms with Gasteiger partial charge in [0.15, 0.2) is 0 Å². The number of nitrogens with zero attached hydrogens (tertiary/aromatic N) is 1. The smallest absolute Gasteiger partial charge is 0.231 e. The summed E-state index contributed by atoms with van der Waals surface area (Å²) < 4.78 is 0. The molecule has 1 amide bonds. The van der Waals surface area contributed by atoms with Crippen LogP contribution in [0.5, 0.6) is 0 Å². The lowest BCUT2D eigenvalue weighted by atomic mass is 9.90. The highest BCUT2D eigenvalue weighted by Crippen LogP contribution is 2.25. The number of fused-ring (bicyclic) bond motifs is 1. The number of nitrogens with one attached hydrogen (secondary N) is 1. The summed E-state index contributed by atoms with van der Waals surface area (Å²) in [6.07, 6.45) is 2.07. The van der Waals surface area contributed by atoms with E-state index in [1.165, 1.54) is 11.1 Å². The van der Waals surface area contributed by atoms with E-state index in [1.807, 2.05) is 24.1 Å². The van der Waals surface area contributed by atoms with Gasteiger partial charge in [-0.2, -0.15) is 11.8 Å². The Bertz CT molecular complexity index is 422. The fourth-order valence-corrected chi connectivity index (χ4v) is 2.78. The van der Waals surface area contributed by atoms with Crippen molar-refractivity contribution in [2.75, 3.05) is 32.1 Å². The summed E-state index contributed by atoms with van der Waals surface area (Å²) in [5, 5.41) is 3.33. The SMILES string of the molecule is CSCCN(C)C(=O)C1CNCc2ccccc21. The maximum absolute atomic E-state index is 12.4. The number of carbonyl (C=O) groups is 1. The van der Waals surface area contributed by atoms with Crippen molar-refractivity contribution in [2.24, 2.45) is 0 Å². The fraction of sp³-hybridized carbons (Fsp3) is 0.500. The predicted octanol–water partition coefficient (Wildman–Crippen LogP) is 1.69. The lowest BCUT2D eigenvalue weighted by Gasteiger charge is -2.29. The van der Waals surface area contributed by atoms with Crippen molar-refractivity contribution in [3.05, 3.63) is 35.4 Å². The molecule has 1 N–H and O–H groups in total. The van der Waals surface area contributed by atoms with Crippen molar-refractivity contribution in [3.8, 4) is 0 Å². The summed E-state index contributed by atoms with van der Waals surface area (Å²) in [6.45, 7) is 2.44. The molecule has 2 rings (SSSR count). The highest BCUT2D eigenvalue weighted by atomic mass is 32.2. The molecule has 1 heterocycles. The first-order valence-corrected chi connectivity index (χ1v) is 7.66. The zero-order valence-corrected chi connectivity index (χ0v) is 11.8. The highest BCUT2D eigenvalue weighted by molar-refractivity contribution is 7.98. The zero-order valence-electron chi connectivity index (χ0n) is 11.0. The van der Waals surface area contributed by atoms with Crippen molar-refractivity contribution >= 4 is 17.7 Å². The second-order valence-corrected chi connectivity index (χ2v) is 5.62. The van der Waals surface area contributed by atoms with Gasteiger partial charge in [-0.25, -0.2) is 0 Å². The van der Waals surface area contributed by atoms with E-state index in [1.54, 1.807) is 11.8 Å². The molecule has 0 fully saturated rings. The molecule has 0 bridgehead atoms. The van der Waals surface area contributed by atoms with E-state index < -0.39 is 0 Å². The number of rotatable bonds is 4. The number of hydrogen-bond donors (Lipinski definition) is 1. The Hall–Kier alpha value is -1.00. The van der Waals surface area contributed by atoms with Crippen LogP contribution in [0.3, 0.4) is 0 Å². The van der Waals surface area contributed by atoms with Gasteiger partial charge in [0.05, 0.1) is 5.92 Å². The van der Waals surface area contributed by atoms with E-state index >= 15 is 0 Å². The van der Waals surface area contributed by atoms with Crippen LogP contribution in [0.15, 0.2) is 24.3 Å². The Morgan fingerprint density at radius 3 is 3.06 bits per heavy atom. The van der Waals surface area contributed by atoms with Crippen molar-refractivity contribution in [3.63, 3.8) is 0 Å². The maximum Gasteiger partial charge on any atom is 0.231 e. The van der Waals surface area contributed by atoms with Crippen LogP contribution in [0.1, 0.15) is 17.0 Å². The van der Waals surface area contributed by atoms with Crippen LogP contribution in [-0.4, -0.2) is 43.0 Å². The maximum atomic E-state index is 12.4. The summed E-state index contributed by atoms with van der Waals surface area (Å²) in [6, 6.07) is 8.24. The molecule has 4 heteroatoms. The van der Waals surface area contributed by atoms with Gasteiger partial charge in [-0.3, -0.25) is 4.79 Å². The van der Waals surface area contributed by atoms with E-state index in [0.29, 0.717) is 0 Å². The third-order valence-electron chi connectivity index (χ3n) is 3.40. The van der Waals surface area contributed by atoms with Crippen molar-refractivity contribution < 1.29 is 4.79 Å². The molecule has 1 unspecified atom stereocenters. The number of thioether (sulfide) groups is 1. The minimum absolute atomic E-state index is 0.0261. The normalized spacial score (nSPS) is 18.2. The van der Waals surface area contributed by atoms with Crippen LogP contribution < -0.4 is 5.32 Å². The summed E-state index contributed by atoms with van der Waals surface area (Å²) in [7, 11) is 1.90. The number of amides is 1. The van der Waals surface area contributed by atoms with Gasteiger partial charge in [0.25, 0.3) is 0 Å². The van der Waals surface area contributed by atoms with E-state index in [4.69, 9.17) is 0 Å². The Balaban J connectivity index is 2.12. The lowest BCUT2D eigenvalue weighted by Crippen LogP contribution is -2.40. The third kappa shape index (κ3) is 2.87. The van der Waals surface area contributed by atoms with Gasteiger partial charge in [-0.05, 0) is 17.4 Å². The molecule has 0 aromatic heterocycles. The fourth-order valence-electron chi connectivity index (χ4n) is 2.32. The van der Waals surface area contributed by atoms with Gasteiger partial charge in [0.1, 0.15) is 0 Å². The second kappa shape index (κ2) is 6.25. The third-order valence-corrected chi connectivity index (χ3v) is 3.99. The molecule has 1 aromatic carbocycles. The monoisotopic (exact) mass is 264 g/mol. The highest BCUT2D eigenvalue weighted by Gasteiger charge is 2.27. The molecule has 18 heavy (non-hydrogen) atoms. The number of benzene rings is 1. The van der Waals surface area contributed by atoms with Gasteiger partial charge in [-0.1, -0.05) is 24.3 Å². The Morgan fingerprint density at radius 1 is 1.50 bits per heavy atom. The predicted molar refractivity (Wildman–Crippen MR) is 76.9 cm³/mol. The van der Waals surface area contributed by atoms with Crippen LogP contribution >= 0.6 is 11.8 Å². The minimum atomic E-state index is -0.0261. The Morgan fingerprint density at radius 2 is 2.28 bits per heavy atom. The molecule has 98 valence electrons. The second-order valence-electron chi connectivity index (χ2n) is 4.63. The first-order chi connectivity index (χ1) is 8.74. The quantitative estimate of drug-likeness (QED) is 0.898. The molecular weight excluding hydrogens is 244 g/mol. The largest absolute Gasteiger partial charge is 0.344 e. The van der Waals surface area contributed by atoms with Gasteiger partial charge in [-0.15, -0.1) is 0 Å². The first-order valence-electron chi connectivity index (χ1n) is 6.26. The van der Waals surface area contributed by atoms with Gasteiger partial charge >= 0.3 is 0 Å². The molecule has 1 aliphatic heterocycles. The molecule has 0 saturated heterocycles. The zero-order chi connectivity index (χ0) is 13.0. The molecule has 1 atom stereocenters. The topological polar surface area (TPSA) is 32.3 Å². The molecular formula is C14H20N2OS. The van der Waals surface area contributed by atoms with Crippen molar-refractivity contribution in [2.45, 2.75) is 12.5 Å². The van der Waals surface area contributed by atoms with Crippen LogP contribution in [0, 0.1) is 0 Å². The van der Waals surface area contributed by atoms with E-state index in [9.17, 15) is 4.79 Å². The average molecular weight is 264 g/mol. The number of hydrogen-bond acceptors (Lipinski definition) is 3. The van der Waals surface area contributed by atoms with Crippen LogP contribution in [-0.2, 0) is 11.3 Å². The molecule has 0 spiro atoms. The van der Waals surface area contributed by atoms with Crippen LogP contribution in [0.25, 0.3) is 0 Å². The molecule has 1 aromatic rings. The standard InChI is InChI=1S/C14H20N2OS/c1-16(7-8-18-2)14(17)13-10-15-9-11-5-3-4-6-12(11)13/h3-6,13,15H,7-10H2,1-2H3. The average Bonchev–Trinajstić information content (AvgIpc) is 2.43. The summed E-state index contributed by atoms with van der Waals surface area (Å²) in [4.78, 5) is 14.3. The number of carbonyl (C=O) groups excluding carboxylic acids is 1. The van der Waals surface area contributed by atoms with Crippen molar-refractivity contribution in [1.29, 1.82) is 0 Å². The van der Waals surface area contributed by atoms with Gasteiger partial charge in [0, 0.05) is 32.4 Å². The van der Waals surface area contributed by atoms with E-state index in [-0.39, 0.29) is 11.8 Å². The first kappa shape index (κ1) is 13.4. The van der Waals surface area contributed by atoms with Crippen LogP contribution in [0.4, 0.5) is 0 Å². The van der Waals surface area contributed by atoms with Crippen molar-refractivity contribution in [1.82, 2.24) is 10.2 Å².